The van der Waals surface area contributed by atoms with E-state index in [4.69, 9.17) is 10.3 Å². The number of rotatable bonds is 3. The minimum Gasteiger partial charge on any atom is -0.361 e. The van der Waals surface area contributed by atoms with Crippen LogP contribution in [-0.2, 0) is 0 Å². The number of aromatic amines is 1. The van der Waals surface area contributed by atoms with Gasteiger partial charge in [-0.2, -0.15) is 4.98 Å². The molecule has 1 aliphatic rings. The highest BCUT2D eigenvalue weighted by Gasteiger charge is 2.21. The van der Waals surface area contributed by atoms with E-state index >= 15 is 0 Å². The van der Waals surface area contributed by atoms with E-state index < -0.39 is 0 Å². The fourth-order valence-corrected chi connectivity index (χ4v) is 2.36. The summed E-state index contributed by atoms with van der Waals surface area (Å²) in [7, 11) is 0. The molecule has 7 heteroatoms. The van der Waals surface area contributed by atoms with Crippen LogP contribution in [0.3, 0.4) is 0 Å². The largest absolute Gasteiger partial charge is 0.361 e. The van der Waals surface area contributed by atoms with Gasteiger partial charge < -0.3 is 15.2 Å². The Bertz CT molecular complexity index is 540. The average Bonchev–Trinajstić information content (AvgIpc) is 3.07. The summed E-state index contributed by atoms with van der Waals surface area (Å²) in [5, 5.41) is 11.1. The zero-order valence-electron chi connectivity index (χ0n) is 11.0. The summed E-state index contributed by atoms with van der Waals surface area (Å²) in [4.78, 5) is 6.65. The molecule has 0 aliphatic carbocycles. The predicted octanol–water partition coefficient (Wildman–Crippen LogP) is 0.943. The third-order valence-electron chi connectivity index (χ3n) is 3.57. The molecular formula is C12H18N6O. The molecule has 7 nitrogen and oxygen atoms in total. The van der Waals surface area contributed by atoms with Crippen LogP contribution in [0.25, 0.3) is 11.5 Å². The average molecular weight is 262 g/mol. The third kappa shape index (κ3) is 2.46. The standard InChI is InChI=1S/C12H18N6O/c1-8-6-10(17-19-8)11-14-12(16-15-11)18-4-2-9(7-13)3-5-18/h6,9H,2-5,7,13H2,1H3,(H,14,15,16). The van der Waals surface area contributed by atoms with Crippen LogP contribution >= 0.6 is 0 Å². The van der Waals surface area contributed by atoms with Crippen molar-refractivity contribution in [1.82, 2.24) is 20.3 Å². The first-order valence-corrected chi connectivity index (χ1v) is 6.57. The van der Waals surface area contributed by atoms with Gasteiger partial charge in [-0.05, 0) is 32.2 Å². The summed E-state index contributed by atoms with van der Waals surface area (Å²) in [6.45, 7) is 4.53. The van der Waals surface area contributed by atoms with E-state index in [1.165, 1.54) is 0 Å². The molecule has 0 unspecified atom stereocenters. The molecule has 0 radical (unpaired) electrons. The third-order valence-corrected chi connectivity index (χ3v) is 3.57. The van der Waals surface area contributed by atoms with Crippen LogP contribution in [0.15, 0.2) is 10.6 Å². The molecule has 0 atom stereocenters. The minimum absolute atomic E-state index is 0.632. The van der Waals surface area contributed by atoms with Crippen molar-refractivity contribution in [2.45, 2.75) is 19.8 Å². The maximum absolute atomic E-state index is 5.70. The molecular weight excluding hydrogens is 244 g/mol. The van der Waals surface area contributed by atoms with E-state index in [-0.39, 0.29) is 0 Å². The second-order valence-corrected chi connectivity index (χ2v) is 4.97. The predicted molar refractivity (Wildman–Crippen MR) is 70.6 cm³/mol. The number of nitrogens with two attached hydrogens (primary N) is 1. The normalized spacial score (nSPS) is 17.1. The summed E-state index contributed by atoms with van der Waals surface area (Å²) in [6.07, 6.45) is 2.20. The Morgan fingerprint density at radius 2 is 2.26 bits per heavy atom. The molecule has 0 bridgehead atoms. The lowest BCUT2D eigenvalue weighted by atomic mass is 9.97. The number of aryl methyl sites for hydroxylation is 1. The second kappa shape index (κ2) is 5.00. The van der Waals surface area contributed by atoms with Gasteiger partial charge in [0, 0.05) is 19.2 Å². The van der Waals surface area contributed by atoms with Gasteiger partial charge >= 0.3 is 0 Å². The molecule has 3 N–H and O–H groups in total. The Labute approximate surface area is 111 Å². The van der Waals surface area contributed by atoms with Crippen molar-refractivity contribution in [3.63, 3.8) is 0 Å². The number of nitrogens with zero attached hydrogens (tertiary/aromatic N) is 4. The Kier molecular flexibility index (Phi) is 3.20. The Morgan fingerprint density at radius 1 is 1.47 bits per heavy atom. The highest BCUT2D eigenvalue weighted by atomic mass is 16.5. The van der Waals surface area contributed by atoms with Gasteiger partial charge in [-0.15, -0.1) is 5.10 Å². The number of H-pyrrole nitrogens is 1. The zero-order valence-corrected chi connectivity index (χ0v) is 11.0. The van der Waals surface area contributed by atoms with Gasteiger partial charge in [0.25, 0.3) is 0 Å². The molecule has 1 fully saturated rings. The quantitative estimate of drug-likeness (QED) is 0.854. The fraction of sp³-hybridized carbons (Fsp3) is 0.583. The highest BCUT2D eigenvalue weighted by molar-refractivity contribution is 5.50. The lowest BCUT2D eigenvalue weighted by Gasteiger charge is -2.30. The van der Waals surface area contributed by atoms with Crippen molar-refractivity contribution in [3.05, 3.63) is 11.8 Å². The van der Waals surface area contributed by atoms with Crippen LogP contribution < -0.4 is 10.6 Å². The summed E-state index contributed by atoms with van der Waals surface area (Å²) in [5.74, 6) is 2.77. The molecule has 3 heterocycles. The van der Waals surface area contributed by atoms with Crippen LogP contribution in [0, 0.1) is 12.8 Å². The molecule has 3 rings (SSSR count). The summed E-state index contributed by atoms with van der Waals surface area (Å²) in [5.41, 5.74) is 6.38. The van der Waals surface area contributed by atoms with Crippen molar-refractivity contribution in [3.8, 4) is 11.5 Å². The van der Waals surface area contributed by atoms with Crippen LogP contribution in [-0.4, -0.2) is 40.0 Å². The van der Waals surface area contributed by atoms with E-state index in [1.54, 1.807) is 0 Å². The first-order valence-electron chi connectivity index (χ1n) is 6.57. The van der Waals surface area contributed by atoms with Crippen molar-refractivity contribution >= 4 is 5.95 Å². The van der Waals surface area contributed by atoms with E-state index in [0.29, 0.717) is 17.4 Å². The van der Waals surface area contributed by atoms with Crippen molar-refractivity contribution in [2.75, 3.05) is 24.5 Å². The molecule has 0 amide bonds. The number of aromatic nitrogens is 4. The molecule has 1 aliphatic heterocycles. The lowest BCUT2D eigenvalue weighted by molar-refractivity contribution is 0.399. The number of anilines is 1. The monoisotopic (exact) mass is 262 g/mol. The Morgan fingerprint density at radius 3 is 2.89 bits per heavy atom. The first-order chi connectivity index (χ1) is 9.26. The fourth-order valence-electron chi connectivity index (χ4n) is 2.36. The smallest absolute Gasteiger partial charge is 0.245 e. The molecule has 1 saturated heterocycles. The van der Waals surface area contributed by atoms with Crippen molar-refractivity contribution in [1.29, 1.82) is 0 Å². The van der Waals surface area contributed by atoms with Gasteiger partial charge in [-0.25, -0.2) is 0 Å². The Hall–Kier alpha value is -1.89. The maximum Gasteiger partial charge on any atom is 0.245 e. The number of piperidine rings is 1. The summed E-state index contributed by atoms with van der Waals surface area (Å²) in [6, 6.07) is 1.84. The van der Waals surface area contributed by atoms with E-state index in [0.717, 1.165) is 44.2 Å². The van der Waals surface area contributed by atoms with Gasteiger partial charge in [0.15, 0.2) is 11.5 Å². The van der Waals surface area contributed by atoms with Gasteiger partial charge in [0.2, 0.25) is 5.95 Å². The molecule has 0 aromatic carbocycles. The van der Waals surface area contributed by atoms with E-state index in [2.05, 4.69) is 25.2 Å². The maximum atomic E-state index is 5.70. The molecule has 0 saturated carbocycles. The van der Waals surface area contributed by atoms with Crippen LogP contribution in [0.4, 0.5) is 5.95 Å². The second-order valence-electron chi connectivity index (χ2n) is 4.97. The van der Waals surface area contributed by atoms with Crippen molar-refractivity contribution < 1.29 is 4.52 Å². The number of hydrogen-bond donors (Lipinski definition) is 2. The first kappa shape index (κ1) is 12.2. The van der Waals surface area contributed by atoms with Crippen molar-refractivity contribution in [2.24, 2.45) is 11.7 Å². The van der Waals surface area contributed by atoms with Gasteiger partial charge in [-0.1, -0.05) is 5.16 Å². The van der Waals surface area contributed by atoms with Crippen LogP contribution in [0.5, 0.6) is 0 Å². The SMILES string of the molecule is Cc1cc(-c2nc(N3CCC(CN)CC3)n[nH]2)no1. The van der Waals surface area contributed by atoms with Crippen LogP contribution in [0.2, 0.25) is 0 Å². The Balaban J connectivity index is 1.72. The lowest BCUT2D eigenvalue weighted by Crippen LogP contribution is -2.36. The highest BCUT2D eigenvalue weighted by Crippen LogP contribution is 2.22. The topological polar surface area (TPSA) is 96.9 Å². The van der Waals surface area contributed by atoms with Gasteiger partial charge in [-0.3, -0.25) is 5.10 Å². The molecule has 19 heavy (non-hydrogen) atoms. The van der Waals surface area contributed by atoms with Crippen LogP contribution in [0.1, 0.15) is 18.6 Å². The molecule has 2 aromatic rings. The summed E-state index contributed by atoms with van der Waals surface area (Å²) >= 11 is 0. The molecule has 102 valence electrons. The van der Waals surface area contributed by atoms with E-state index in [1.807, 2.05) is 13.0 Å². The number of hydrogen-bond acceptors (Lipinski definition) is 6. The molecule has 0 spiro atoms. The van der Waals surface area contributed by atoms with Gasteiger partial charge in [0.1, 0.15) is 5.76 Å². The zero-order chi connectivity index (χ0) is 13.2. The van der Waals surface area contributed by atoms with Gasteiger partial charge in [0.05, 0.1) is 0 Å². The van der Waals surface area contributed by atoms with E-state index in [9.17, 15) is 0 Å². The minimum atomic E-state index is 0.632. The summed E-state index contributed by atoms with van der Waals surface area (Å²) < 4.78 is 5.04. The molecule has 2 aromatic heterocycles. The number of nitrogens with one attached hydrogen (secondary N) is 1.